The molecule has 0 spiro atoms. The molecule has 0 amide bonds. The Balaban J connectivity index is 0.00000324. The summed E-state index contributed by atoms with van der Waals surface area (Å²) in [4.78, 5) is 28.3. The van der Waals surface area contributed by atoms with Crippen molar-refractivity contribution in [3.8, 4) is 11.5 Å². The van der Waals surface area contributed by atoms with Gasteiger partial charge in [0, 0.05) is 50.1 Å². The van der Waals surface area contributed by atoms with E-state index in [9.17, 15) is 9.59 Å². The topological polar surface area (TPSA) is 89.6 Å². The van der Waals surface area contributed by atoms with E-state index in [2.05, 4.69) is 15.1 Å². The van der Waals surface area contributed by atoms with E-state index < -0.39 is 11.9 Å². The monoisotopic (exact) mass is 549 g/mol. The van der Waals surface area contributed by atoms with Crippen LogP contribution >= 0.6 is 24.8 Å². The number of hydrogen-bond donors (Lipinski definition) is 1. The fraction of sp³-hybridized carbons (Fsp3) is 0.680. The van der Waals surface area contributed by atoms with E-state index in [0.29, 0.717) is 24.7 Å². The van der Waals surface area contributed by atoms with Crippen molar-refractivity contribution in [2.24, 2.45) is 5.92 Å². The summed E-state index contributed by atoms with van der Waals surface area (Å²) < 4.78 is 21.2. The molecular weight excluding hydrogens is 509 g/mol. The number of ether oxygens (including phenoxy) is 4. The van der Waals surface area contributed by atoms with Crippen LogP contribution < -0.4 is 19.7 Å². The molecule has 0 bridgehead atoms. The third-order valence-electron chi connectivity index (χ3n) is 6.24. The minimum atomic E-state index is -0.427. The van der Waals surface area contributed by atoms with Gasteiger partial charge in [0.25, 0.3) is 0 Å². The number of piperidine rings is 1. The van der Waals surface area contributed by atoms with Gasteiger partial charge in [0.1, 0.15) is 11.5 Å². The Morgan fingerprint density at radius 3 is 1.89 bits per heavy atom. The highest BCUT2D eigenvalue weighted by molar-refractivity contribution is 5.85. The van der Waals surface area contributed by atoms with Gasteiger partial charge in [-0.3, -0.25) is 4.90 Å². The fourth-order valence-corrected chi connectivity index (χ4v) is 4.36. The van der Waals surface area contributed by atoms with E-state index in [0.717, 1.165) is 57.4 Å². The van der Waals surface area contributed by atoms with E-state index in [1.807, 2.05) is 12.1 Å². The van der Waals surface area contributed by atoms with Crippen molar-refractivity contribution >= 4 is 42.4 Å². The molecule has 36 heavy (non-hydrogen) atoms. The number of carbonyl (C=O) groups is 2. The Hall–Kier alpha value is -1.94. The molecule has 3 rings (SSSR count). The number of piperazine rings is 1. The van der Waals surface area contributed by atoms with Crippen LogP contribution in [0.5, 0.6) is 11.5 Å². The number of esters is 2. The highest BCUT2D eigenvalue weighted by atomic mass is 35.5. The van der Waals surface area contributed by atoms with E-state index in [-0.39, 0.29) is 38.0 Å². The first kappa shape index (κ1) is 32.1. The molecule has 0 radical (unpaired) electrons. The van der Waals surface area contributed by atoms with Gasteiger partial charge in [-0.15, -0.1) is 24.8 Å². The summed E-state index contributed by atoms with van der Waals surface area (Å²) >= 11 is 0. The first-order valence-electron chi connectivity index (χ1n) is 12.5. The Labute approximate surface area is 227 Å². The van der Waals surface area contributed by atoms with Crippen LogP contribution in [0.4, 0.5) is 5.69 Å². The Kier molecular flexibility index (Phi) is 15.6. The third kappa shape index (κ3) is 11.0. The zero-order valence-electron chi connectivity index (χ0n) is 21.4. The number of hydrogen-bond acceptors (Lipinski definition) is 9. The molecule has 11 heteroatoms. The molecule has 2 aliphatic rings. The molecule has 2 fully saturated rings. The predicted molar refractivity (Wildman–Crippen MR) is 144 cm³/mol. The van der Waals surface area contributed by atoms with Gasteiger partial charge < -0.3 is 29.2 Å². The van der Waals surface area contributed by atoms with Crippen LogP contribution in [0.2, 0.25) is 0 Å². The second-order valence-corrected chi connectivity index (χ2v) is 8.66. The molecule has 1 N–H and O–H groups in total. The summed E-state index contributed by atoms with van der Waals surface area (Å²) in [5, 5.41) is 3.44. The predicted octanol–water partition coefficient (Wildman–Crippen LogP) is 2.93. The SMILES string of the molecule is CCOC(=O)COc1cc(OCC(=O)OCC)cc(N2CCN(CCC3CCNCC3)CC2)c1.Cl.Cl. The lowest BCUT2D eigenvalue weighted by molar-refractivity contribution is -0.146. The van der Waals surface area contributed by atoms with Crippen molar-refractivity contribution in [2.45, 2.75) is 33.1 Å². The molecule has 2 heterocycles. The third-order valence-corrected chi connectivity index (χ3v) is 6.24. The molecule has 9 nitrogen and oxygen atoms in total. The molecule has 0 aliphatic carbocycles. The summed E-state index contributed by atoms with van der Waals surface area (Å²) in [6.07, 6.45) is 3.84. The standard InChI is InChI=1S/C25H39N3O6.2ClH/c1-3-31-24(29)18-33-22-15-21(16-23(17-22)34-19-25(30)32-4-2)28-13-11-27(12-14-28)10-7-20-5-8-26-9-6-20;;/h15-17,20,26H,3-14,18-19H2,1-2H3;2*1H. The lowest BCUT2D eigenvalue weighted by Crippen LogP contribution is -2.47. The number of rotatable bonds is 12. The van der Waals surface area contributed by atoms with Crippen molar-refractivity contribution in [1.29, 1.82) is 0 Å². The van der Waals surface area contributed by atoms with Crippen LogP contribution in [-0.2, 0) is 19.1 Å². The van der Waals surface area contributed by atoms with Crippen molar-refractivity contribution in [3.63, 3.8) is 0 Å². The maximum atomic E-state index is 11.7. The number of benzene rings is 1. The number of nitrogens with one attached hydrogen (secondary N) is 1. The van der Waals surface area contributed by atoms with Crippen LogP contribution in [0.1, 0.15) is 33.1 Å². The first-order valence-corrected chi connectivity index (χ1v) is 12.5. The second kappa shape index (κ2) is 17.5. The van der Waals surface area contributed by atoms with E-state index in [1.54, 1.807) is 19.9 Å². The molecule has 1 aromatic carbocycles. The molecule has 0 aromatic heterocycles. The van der Waals surface area contributed by atoms with Gasteiger partial charge in [0.15, 0.2) is 13.2 Å². The first-order chi connectivity index (χ1) is 16.6. The minimum absolute atomic E-state index is 0. The zero-order valence-corrected chi connectivity index (χ0v) is 23.0. The quantitative estimate of drug-likeness (QED) is 0.395. The van der Waals surface area contributed by atoms with Gasteiger partial charge in [-0.2, -0.15) is 0 Å². The molecular formula is C25H41Cl2N3O6. The minimum Gasteiger partial charge on any atom is -0.482 e. The maximum absolute atomic E-state index is 11.7. The Morgan fingerprint density at radius 2 is 1.39 bits per heavy atom. The average molecular weight is 551 g/mol. The summed E-state index contributed by atoms with van der Waals surface area (Å²) in [5.41, 5.74) is 0.943. The normalized spacial score (nSPS) is 16.3. The maximum Gasteiger partial charge on any atom is 0.344 e. The summed E-state index contributed by atoms with van der Waals surface area (Å²) in [6, 6.07) is 5.49. The second-order valence-electron chi connectivity index (χ2n) is 8.66. The van der Waals surface area contributed by atoms with Crippen molar-refractivity contribution in [3.05, 3.63) is 18.2 Å². The van der Waals surface area contributed by atoms with Crippen molar-refractivity contribution in [2.75, 3.05) is 77.1 Å². The van der Waals surface area contributed by atoms with Crippen molar-refractivity contribution < 1.29 is 28.5 Å². The van der Waals surface area contributed by atoms with Gasteiger partial charge in [0.2, 0.25) is 0 Å². The number of halogens is 2. The highest BCUT2D eigenvalue weighted by Gasteiger charge is 2.21. The number of anilines is 1. The Morgan fingerprint density at radius 1 is 0.861 bits per heavy atom. The Bertz CT molecular complexity index is 747. The summed E-state index contributed by atoms with van der Waals surface area (Å²) in [7, 11) is 0. The number of nitrogens with zero attached hydrogens (tertiary/aromatic N) is 2. The van der Waals surface area contributed by atoms with Crippen LogP contribution in [0.25, 0.3) is 0 Å². The van der Waals surface area contributed by atoms with Crippen LogP contribution in [0.3, 0.4) is 0 Å². The molecule has 206 valence electrons. The van der Waals surface area contributed by atoms with Gasteiger partial charge in [0.05, 0.1) is 13.2 Å². The number of carbonyl (C=O) groups excluding carboxylic acids is 2. The average Bonchev–Trinajstić information content (AvgIpc) is 2.86. The molecule has 1 aromatic rings. The van der Waals surface area contributed by atoms with Crippen LogP contribution in [-0.4, -0.2) is 89.1 Å². The molecule has 0 atom stereocenters. The van der Waals surface area contributed by atoms with Crippen molar-refractivity contribution in [1.82, 2.24) is 10.2 Å². The smallest absolute Gasteiger partial charge is 0.344 e. The summed E-state index contributed by atoms with van der Waals surface area (Å²) in [6.45, 7) is 11.0. The molecule has 2 aliphatic heterocycles. The highest BCUT2D eigenvalue weighted by Crippen LogP contribution is 2.30. The van der Waals surface area contributed by atoms with Gasteiger partial charge in [-0.25, -0.2) is 9.59 Å². The van der Waals surface area contributed by atoms with Gasteiger partial charge >= 0.3 is 11.9 Å². The van der Waals surface area contributed by atoms with Crippen LogP contribution in [0, 0.1) is 5.92 Å². The lowest BCUT2D eigenvalue weighted by Gasteiger charge is -2.37. The van der Waals surface area contributed by atoms with E-state index >= 15 is 0 Å². The zero-order chi connectivity index (χ0) is 24.2. The van der Waals surface area contributed by atoms with Gasteiger partial charge in [-0.1, -0.05) is 0 Å². The molecule has 2 saturated heterocycles. The molecule has 0 saturated carbocycles. The lowest BCUT2D eigenvalue weighted by atomic mass is 9.94. The van der Waals surface area contributed by atoms with Crippen LogP contribution in [0.15, 0.2) is 18.2 Å². The summed E-state index contributed by atoms with van der Waals surface area (Å²) in [5.74, 6) is 0.982. The van der Waals surface area contributed by atoms with E-state index in [4.69, 9.17) is 18.9 Å². The fourth-order valence-electron chi connectivity index (χ4n) is 4.36. The molecule has 0 unspecified atom stereocenters. The van der Waals surface area contributed by atoms with E-state index in [1.165, 1.54) is 19.3 Å². The largest absolute Gasteiger partial charge is 0.482 e. The van der Waals surface area contributed by atoms with Gasteiger partial charge in [-0.05, 0) is 58.7 Å².